The number of carbonyl (C=O) groups is 1. The van der Waals surface area contributed by atoms with Gasteiger partial charge in [0, 0.05) is 18.7 Å². The summed E-state index contributed by atoms with van der Waals surface area (Å²) in [5.41, 5.74) is 1.88. The minimum atomic E-state index is -0.483. The summed E-state index contributed by atoms with van der Waals surface area (Å²) in [7, 11) is 0. The first kappa shape index (κ1) is 17.8. The molecule has 0 aliphatic carbocycles. The molecule has 142 valence electrons. The van der Waals surface area contributed by atoms with Gasteiger partial charge in [-0.2, -0.15) is 0 Å². The van der Waals surface area contributed by atoms with E-state index in [4.69, 9.17) is 0 Å². The third kappa shape index (κ3) is 3.75. The molecule has 0 saturated carbocycles. The van der Waals surface area contributed by atoms with Crippen molar-refractivity contribution in [3.8, 4) is 11.3 Å². The molecule has 1 aliphatic rings. The molecule has 1 aromatic carbocycles. The molecule has 0 radical (unpaired) electrons. The monoisotopic (exact) mass is 381 g/mol. The molecule has 4 rings (SSSR count). The van der Waals surface area contributed by atoms with Crippen LogP contribution in [0.5, 0.6) is 0 Å². The molecule has 2 aromatic heterocycles. The van der Waals surface area contributed by atoms with Crippen LogP contribution >= 0.6 is 0 Å². The number of urea groups is 1. The lowest BCUT2D eigenvalue weighted by Crippen LogP contribution is -2.36. The van der Waals surface area contributed by atoms with Gasteiger partial charge in [-0.3, -0.25) is 10.2 Å². The van der Waals surface area contributed by atoms with Gasteiger partial charge in [0.25, 0.3) is 0 Å². The van der Waals surface area contributed by atoms with Crippen LogP contribution < -0.4 is 15.5 Å². The quantitative estimate of drug-likeness (QED) is 0.695. The van der Waals surface area contributed by atoms with Crippen LogP contribution in [0, 0.1) is 11.6 Å². The van der Waals surface area contributed by atoms with Gasteiger partial charge in [0.15, 0.2) is 5.82 Å². The number of benzene rings is 1. The van der Waals surface area contributed by atoms with Crippen LogP contribution in [0.1, 0.15) is 6.42 Å². The Kier molecular flexibility index (Phi) is 4.84. The van der Waals surface area contributed by atoms with E-state index in [9.17, 15) is 13.6 Å². The highest BCUT2D eigenvalue weighted by Gasteiger charge is 2.23. The smallest absolute Gasteiger partial charge is 0.328 e. The largest absolute Gasteiger partial charge is 0.382 e. The van der Waals surface area contributed by atoms with Crippen LogP contribution in [-0.2, 0) is 0 Å². The Morgan fingerprint density at radius 2 is 2.00 bits per heavy atom. The number of rotatable bonds is 2. The summed E-state index contributed by atoms with van der Waals surface area (Å²) >= 11 is 0. The van der Waals surface area contributed by atoms with Gasteiger partial charge in [-0.15, -0.1) is 0 Å². The average molecular weight is 381 g/mol. The van der Waals surface area contributed by atoms with Crippen LogP contribution in [0.2, 0.25) is 0 Å². The van der Waals surface area contributed by atoms with Crippen molar-refractivity contribution < 1.29 is 13.6 Å². The second kappa shape index (κ2) is 7.59. The topological polar surface area (TPSA) is 70.2 Å². The number of fused-ring (bicyclic) bond motifs is 1. The van der Waals surface area contributed by atoms with Crippen molar-refractivity contribution >= 4 is 23.4 Å². The first-order chi connectivity index (χ1) is 13.6. The van der Waals surface area contributed by atoms with E-state index < -0.39 is 11.8 Å². The van der Waals surface area contributed by atoms with Gasteiger partial charge in [-0.1, -0.05) is 12.1 Å². The Morgan fingerprint density at radius 1 is 1.11 bits per heavy atom. The lowest BCUT2D eigenvalue weighted by Gasteiger charge is -2.22. The zero-order valence-corrected chi connectivity index (χ0v) is 14.8. The SMILES string of the molecule is O=C(Nc1ccc(F)cn1)N1CCCNc2ccc(-c3cccc(F)c3)nc21. The lowest BCUT2D eigenvalue weighted by molar-refractivity contribution is 0.256. The molecule has 28 heavy (non-hydrogen) atoms. The summed E-state index contributed by atoms with van der Waals surface area (Å²) in [6.45, 7) is 1.12. The summed E-state index contributed by atoms with van der Waals surface area (Å²) in [5, 5.41) is 5.91. The second-order valence-electron chi connectivity index (χ2n) is 6.30. The molecule has 0 bridgehead atoms. The van der Waals surface area contributed by atoms with Gasteiger partial charge in [0.05, 0.1) is 17.6 Å². The van der Waals surface area contributed by atoms with Gasteiger partial charge in [0.1, 0.15) is 17.5 Å². The van der Waals surface area contributed by atoms with Crippen LogP contribution in [0.3, 0.4) is 0 Å². The van der Waals surface area contributed by atoms with Crippen molar-refractivity contribution in [2.24, 2.45) is 0 Å². The minimum absolute atomic E-state index is 0.242. The molecule has 8 heteroatoms. The molecule has 0 fully saturated rings. The number of anilines is 3. The average Bonchev–Trinajstić information content (AvgIpc) is 2.91. The highest BCUT2D eigenvalue weighted by molar-refractivity contribution is 6.02. The van der Waals surface area contributed by atoms with E-state index in [0.717, 1.165) is 12.6 Å². The molecule has 0 saturated heterocycles. The fourth-order valence-corrected chi connectivity index (χ4v) is 2.99. The molecular weight excluding hydrogens is 364 g/mol. The van der Waals surface area contributed by atoms with Crippen LogP contribution in [0.15, 0.2) is 54.7 Å². The number of halogens is 2. The fraction of sp³-hybridized carbons (Fsp3) is 0.150. The summed E-state index contributed by atoms with van der Waals surface area (Å²) < 4.78 is 26.6. The maximum absolute atomic E-state index is 13.6. The maximum atomic E-state index is 13.6. The minimum Gasteiger partial charge on any atom is -0.382 e. The normalized spacial score (nSPS) is 13.3. The van der Waals surface area contributed by atoms with Crippen LogP contribution in [0.25, 0.3) is 11.3 Å². The highest BCUT2D eigenvalue weighted by atomic mass is 19.1. The Labute approximate surface area is 160 Å². The number of pyridine rings is 2. The zero-order chi connectivity index (χ0) is 19.5. The van der Waals surface area contributed by atoms with E-state index in [1.165, 1.54) is 29.2 Å². The Bertz CT molecular complexity index is 1010. The predicted molar refractivity (Wildman–Crippen MR) is 103 cm³/mol. The van der Waals surface area contributed by atoms with Crippen molar-refractivity contribution in [2.75, 3.05) is 28.6 Å². The van der Waals surface area contributed by atoms with Gasteiger partial charge in [-0.05, 0) is 42.8 Å². The van der Waals surface area contributed by atoms with Crippen LogP contribution in [0.4, 0.5) is 30.9 Å². The number of amides is 2. The first-order valence-electron chi connectivity index (χ1n) is 8.81. The van der Waals surface area contributed by atoms with Crippen molar-refractivity contribution in [1.29, 1.82) is 0 Å². The summed E-state index contributed by atoms with van der Waals surface area (Å²) in [4.78, 5) is 22.8. The number of hydrogen-bond acceptors (Lipinski definition) is 4. The maximum Gasteiger partial charge on any atom is 0.328 e. The van der Waals surface area contributed by atoms with E-state index in [0.29, 0.717) is 35.9 Å². The van der Waals surface area contributed by atoms with E-state index in [2.05, 4.69) is 20.6 Å². The van der Waals surface area contributed by atoms with Gasteiger partial charge in [0.2, 0.25) is 0 Å². The molecule has 2 N–H and O–H groups in total. The van der Waals surface area contributed by atoms with Gasteiger partial charge < -0.3 is 5.32 Å². The lowest BCUT2D eigenvalue weighted by atomic mass is 10.1. The van der Waals surface area contributed by atoms with Crippen molar-refractivity contribution in [1.82, 2.24) is 9.97 Å². The number of hydrogen-bond donors (Lipinski definition) is 2. The fourth-order valence-electron chi connectivity index (χ4n) is 2.99. The molecule has 2 amide bonds. The van der Waals surface area contributed by atoms with E-state index in [1.54, 1.807) is 18.2 Å². The molecule has 3 aromatic rings. The molecule has 0 unspecified atom stereocenters. The van der Waals surface area contributed by atoms with Crippen molar-refractivity contribution in [2.45, 2.75) is 6.42 Å². The summed E-state index contributed by atoms with van der Waals surface area (Å²) in [6.07, 6.45) is 1.75. The van der Waals surface area contributed by atoms with E-state index >= 15 is 0 Å². The van der Waals surface area contributed by atoms with E-state index in [1.807, 2.05) is 6.07 Å². The second-order valence-corrected chi connectivity index (χ2v) is 6.30. The highest BCUT2D eigenvalue weighted by Crippen LogP contribution is 2.30. The van der Waals surface area contributed by atoms with Crippen molar-refractivity contribution in [3.05, 3.63) is 66.4 Å². The third-order valence-corrected chi connectivity index (χ3v) is 4.33. The molecule has 6 nitrogen and oxygen atoms in total. The number of nitrogens with zero attached hydrogens (tertiary/aromatic N) is 3. The van der Waals surface area contributed by atoms with Crippen molar-refractivity contribution in [3.63, 3.8) is 0 Å². The number of aromatic nitrogens is 2. The van der Waals surface area contributed by atoms with E-state index in [-0.39, 0.29) is 11.6 Å². The molecule has 3 heterocycles. The summed E-state index contributed by atoms with van der Waals surface area (Å²) in [5.74, 6) is -0.154. The Morgan fingerprint density at radius 3 is 2.79 bits per heavy atom. The molecule has 0 spiro atoms. The van der Waals surface area contributed by atoms with Crippen LogP contribution in [-0.4, -0.2) is 29.1 Å². The summed E-state index contributed by atoms with van der Waals surface area (Å²) in [6, 6.07) is 11.9. The Hall–Kier alpha value is -3.55. The molecule has 1 aliphatic heterocycles. The zero-order valence-electron chi connectivity index (χ0n) is 14.8. The first-order valence-corrected chi connectivity index (χ1v) is 8.81. The molecule has 0 atom stereocenters. The van der Waals surface area contributed by atoms with Gasteiger partial charge >= 0.3 is 6.03 Å². The third-order valence-electron chi connectivity index (χ3n) is 4.33. The van der Waals surface area contributed by atoms with Gasteiger partial charge in [-0.25, -0.2) is 23.5 Å². The standard InChI is InChI=1S/C20H17F2N5O/c21-14-4-1-3-13(11-14)16-6-7-17-19(25-16)27(10-2-9-23-17)20(28)26-18-8-5-15(22)12-24-18/h1,3-8,11-12,23H,2,9-10H2,(H,24,26,28). The predicted octanol–water partition coefficient (Wildman–Crippen LogP) is 4.28. The molecular formula is C20H17F2N5O. The Balaban J connectivity index is 1.67. The number of nitrogens with one attached hydrogen (secondary N) is 2. The number of carbonyl (C=O) groups excluding carboxylic acids is 1.